The first-order valence-corrected chi connectivity index (χ1v) is 13.9. The number of hydrogen-bond donors (Lipinski definition) is 1. The van der Waals surface area contributed by atoms with Gasteiger partial charge in [0.05, 0.1) is 16.4 Å². The molecule has 0 bridgehead atoms. The van der Waals surface area contributed by atoms with Crippen LogP contribution < -0.4 is 15.6 Å². The lowest BCUT2D eigenvalue weighted by molar-refractivity contribution is -0.135. The number of carbonyl (C=O) groups excluding carboxylic acids is 2. The number of imidazole rings is 1. The number of nitrogens with one attached hydrogen (secondary N) is 1. The van der Waals surface area contributed by atoms with Crippen molar-refractivity contribution in [2.24, 2.45) is 7.05 Å². The molecule has 2 fully saturated rings. The van der Waals surface area contributed by atoms with E-state index in [0.717, 1.165) is 36.5 Å². The lowest BCUT2D eigenvalue weighted by atomic mass is 10.1. The molecule has 0 unspecified atom stereocenters. The highest BCUT2D eigenvalue weighted by atomic mass is 16.5. The fourth-order valence-corrected chi connectivity index (χ4v) is 6.03. The van der Waals surface area contributed by atoms with E-state index < -0.39 is 0 Å². The van der Waals surface area contributed by atoms with Crippen LogP contribution in [0.4, 0.5) is 5.82 Å². The summed E-state index contributed by atoms with van der Waals surface area (Å²) in [6, 6.07) is 11.5. The lowest BCUT2D eigenvalue weighted by Gasteiger charge is -2.35. The molecule has 1 N–H and O–H groups in total. The Labute approximate surface area is 231 Å². The molecule has 2 saturated heterocycles. The zero-order valence-electron chi connectivity index (χ0n) is 23.1. The van der Waals surface area contributed by atoms with Gasteiger partial charge in [-0.15, -0.1) is 0 Å². The Bertz CT molecular complexity index is 1650. The molecule has 0 spiro atoms. The van der Waals surface area contributed by atoms with Crippen LogP contribution in [0.15, 0.2) is 41.2 Å². The van der Waals surface area contributed by atoms with Crippen LogP contribution in [0, 0.1) is 0 Å². The molecule has 0 radical (unpaired) electrons. The van der Waals surface area contributed by atoms with E-state index in [-0.39, 0.29) is 29.4 Å². The molecule has 0 saturated carbocycles. The van der Waals surface area contributed by atoms with Crippen molar-refractivity contribution < 1.29 is 14.3 Å². The van der Waals surface area contributed by atoms with Crippen LogP contribution >= 0.6 is 0 Å². The van der Waals surface area contributed by atoms with Crippen molar-refractivity contribution in [3.63, 3.8) is 0 Å². The molecule has 210 valence electrons. The molecule has 11 nitrogen and oxygen atoms in total. The van der Waals surface area contributed by atoms with Gasteiger partial charge in [-0.05, 0) is 50.2 Å². The fourth-order valence-electron chi connectivity index (χ4n) is 6.03. The highest BCUT2D eigenvalue weighted by molar-refractivity contribution is 6.05. The van der Waals surface area contributed by atoms with Gasteiger partial charge in [0.15, 0.2) is 5.65 Å². The van der Waals surface area contributed by atoms with Crippen molar-refractivity contribution in [3.8, 4) is 0 Å². The fraction of sp³-hybridized carbons (Fsp3) is 0.448. The van der Waals surface area contributed by atoms with Gasteiger partial charge < -0.3 is 29.3 Å². The van der Waals surface area contributed by atoms with Crippen molar-refractivity contribution in [1.82, 2.24) is 29.1 Å². The Kier molecular flexibility index (Phi) is 7.16. The van der Waals surface area contributed by atoms with Crippen molar-refractivity contribution in [2.45, 2.75) is 12.8 Å². The predicted molar refractivity (Wildman–Crippen MR) is 154 cm³/mol. The Morgan fingerprint density at radius 2 is 1.70 bits per heavy atom. The van der Waals surface area contributed by atoms with E-state index in [4.69, 9.17) is 9.72 Å². The van der Waals surface area contributed by atoms with Gasteiger partial charge in [0.1, 0.15) is 23.6 Å². The van der Waals surface area contributed by atoms with Crippen molar-refractivity contribution in [1.29, 1.82) is 0 Å². The minimum Gasteiger partial charge on any atom is -0.375 e. The minimum absolute atomic E-state index is 0.0242. The van der Waals surface area contributed by atoms with Gasteiger partial charge in [-0.25, -0.2) is 4.98 Å². The summed E-state index contributed by atoms with van der Waals surface area (Å²) in [7, 11) is 3.40. The van der Waals surface area contributed by atoms with E-state index in [0.29, 0.717) is 49.4 Å². The van der Waals surface area contributed by atoms with Crippen LogP contribution in [0.1, 0.15) is 23.2 Å². The van der Waals surface area contributed by atoms with Gasteiger partial charge in [-0.3, -0.25) is 18.8 Å². The van der Waals surface area contributed by atoms with Crippen LogP contribution in [0.2, 0.25) is 0 Å². The minimum atomic E-state index is -0.365. The molecule has 4 aromatic rings. The summed E-state index contributed by atoms with van der Waals surface area (Å²) < 4.78 is 8.83. The first-order valence-electron chi connectivity index (χ1n) is 13.9. The van der Waals surface area contributed by atoms with Crippen LogP contribution in [-0.2, 0) is 16.6 Å². The second-order valence-electron chi connectivity index (χ2n) is 10.6. The van der Waals surface area contributed by atoms with Crippen molar-refractivity contribution in [2.75, 3.05) is 71.0 Å². The van der Waals surface area contributed by atoms with Crippen LogP contribution in [-0.4, -0.2) is 102 Å². The average molecular weight is 546 g/mol. The maximum Gasteiger partial charge on any atom is 0.259 e. The van der Waals surface area contributed by atoms with Crippen LogP contribution in [0.5, 0.6) is 0 Å². The Hall–Kier alpha value is -3.96. The zero-order chi connectivity index (χ0) is 27.8. The van der Waals surface area contributed by atoms with Crippen LogP contribution in [0.3, 0.4) is 0 Å². The standard InChI is InChI=1S/C29H35N7O4/c1-32-21-7-3-4-8-22(21)36-27-20(9-10-23(31-27)34-15-17-35(18-16-34)24(37)19-40-2)26(38)25(29(32)36)28(39)30-11-14-33-12-5-6-13-33/h3-4,7-10H,5-6,11-19H2,1-2H3,(H,30,39). The Morgan fingerprint density at radius 1 is 0.975 bits per heavy atom. The number of fused-ring (bicyclic) bond motifs is 5. The number of likely N-dealkylation sites (tertiary alicyclic amines) is 1. The number of ether oxygens (including phenoxy) is 1. The highest BCUT2D eigenvalue weighted by Gasteiger charge is 2.26. The van der Waals surface area contributed by atoms with Crippen LogP contribution in [0.25, 0.3) is 27.7 Å². The van der Waals surface area contributed by atoms with E-state index in [1.807, 2.05) is 46.3 Å². The molecule has 0 atom stereocenters. The number of aromatic nitrogens is 3. The molecule has 40 heavy (non-hydrogen) atoms. The smallest absolute Gasteiger partial charge is 0.259 e. The first-order chi connectivity index (χ1) is 19.5. The first kappa shape index (κ1) is 26.3. The molecule has 11 heteroatoms. The maximum atomic E-state index is 13.9. The number of para-hydroxylation sites is 2. The number of aryl methyl sites for hydroxylation is 1. The number of amides is 2. The number of rotatable bonds is 7. The molecule has 2 amide bonds. The third kappa shape index (κ3) is 4.58. The van der Waals surface area contributed by atoms with E-state index >= 15 is 0 Å². The Morgan fingerprint density at radius 3 is 2.42 bits per heavy atom. The monoisotopic (exact) mass is 545 g/mol. The number of nitrogens with zero attached hydrogens (tertiary/aromatic N) is 6. The summed E-state index contributed by atoms with van der Waals surface area (Å²) in [6.45, 7) is 5.83. The molecule has 1 aromatic carbocycles. The van der Waals surface area contributed by atoms with E-state index in [2.05, 4.69) is 15.1 Å². The van der Waals surface area contributed by atoms with E-state index in [1.165, 1.54) is 20.0 Å². The summed E-state index contributed by atoms with van der Waals surface area (Å²) in [6.07, 6.45) is 2.38. The van der Waals surface area contributed by atoms with E-state index in [9.17, 15) is 14.4 Å². The third-order valence-electron chi connectivity index (χ3n) is 8.14. The summed E-state index contributed by atoms with van der Waals surface area (Å²) in [5, 5.41) is 3.40. The average Bonchev–Trinajstić information content (AvgIpc) is 3.60. The van der Waals surface area contributed by atoms with Crippen molar-refractivity contribution in [3.05, 3.63) is 52.2 Å². The lowest BCUT2D eigenvalue weighted by Crippen LogP contribution is -2.50. The van der Waals surface area contributed by atoms with Gasteiger partial charge in [-0.1, -0.05) is 12.1 Å². The summed E-state index contributed by atoms with van der Waals surface area (Å²) in [5.41, 5.74) is 2.62. The van der Waals surface area contributed by atoms with E-state index in [1.54, 1.807) is 11.0 Å². The number of pyridine rings is 2. The largest absolute Gasteiger partial charge is 0.375 e. The topological polar surface area (TPSA) is 104 Å². The van der Waals surface area contributed by atoms with Gasteiger partial charge >= 0.3 is 0 Å². The molecule has 3 aromatic heterocycles. The second-order valence-corrected chi connectivity index (χ2v) is 10.6. The molecule has 5 heterocycles. The normalized spacial score (nSPS) is 16.4. The quantitative estimate of drug-likeness (QED) is 0.375. The zero-order valence-corrected chi connectivity index (χ0v) is 23.1. The number of benzene rings is 1. The molecule has 2 aliphatic rings. The summed E-state index contributed by atoms with van der Waals surface area (Å²) in [5.74, 6) is 0.342. The predicted octanol–water partition coefficient (Wildman–Crippen LogP) is 1.46. The molecular formula is C29H35N7O4. The molecule has 2 aliphatic heterocycles. The van der Waals surface area contributed by atoms with Crippen molar-refractivity contribution >= 4 is 45.3 Å². The van der Waals surface area contributed by atoms with Gasteiger partial charge in [0.25, 0.3) is 5.91 Å². The maximum absolute atomic E-state index is 13.9. The number of methoxy groups -OCH3 is 1. The van der Waals surface area contributed by atoms with Gasteiger partial charge in [-0.2, -0.15) is 0 Å². The number of piperazine rings is 1. The molecule has 0 aliphatic carbocycles. The molecule has 6 rings (SSSR count). The molecular weight excluding hydrogens is 510 g/mol. The second kappa shape index (κ2) is 10.9. The SMILES string of the molecule is COCC(=O)N1CCN(c2ccc3c(=O)c(C(=O)NCCN4CCCC4)c4n(C)c5ccccc5n4c3n2)CC1. The number of hydrogen-bond acceptors (Lipinski definition) is 7. The number of carbonyl (C=O) groups is 2. The summed E-state index contributed by atoms with van der Waals surface area (Å²) in [4.78, 5) is 50.9. The highest BCUT2D eigenvalue weighted by Crippen LogP contribution is 2.27. The summed E-state index contributed by atoms with van der Waals surface area (Å²) >= 11 is 0. The third-order valence-corrected chi connectivity index (χ3v) is 8.14. The Balaban J connectivity index is 1.40. The number of anilines is 1. The van der Waals surface area contributed by atoms with Gasteiger partial charge in [0.2, 0.25) is 11.3 Å². The van der Waals surface area contributed by atoms with Gasteiger partial charge in [0, 0.05) is 53.4 Å².